The van der Waals surface area contributed by atoms with Gasteiger partial charge >= 0.3 is 0 Å². The van der Waals surface area contributed by atoms with Crippen LogP contribution in [0.15, 0.2) is 4.99 Å². The molecule has 4 nitrogen and oxygen atoms in total. The third-order valence-electron chi connectivity index (χ3n) is 4.21. The van der Waals surface area contributed by atoms with Crippen LogP contribution in [0.5, 0.6) is 0 Å². The molecule has 2 aliphatic heterocycles. The Labute approximate surface area is 111 Å². The molecule has 0 aliphatic carbocycles. The molecule has 2 N–H and O–H groups in total. The first-order valence-electron chi connectivity index (χ1n) is 7.53. The number of likely N-dealkylation sites (tertiary alicyclic amines) is 2. The van der Waals surface area contributed by atoms with E-state index in [-0.39, 0.29) is 0 Å². The lowest BCUT2D eigenvalue weighted by Crippen LogP contribution is -2.42. The van der Waals surface area contributed by atoms with Crippen LogP contribution in [0.4, 0.5) is 0 Å². The molecule has 0 atom stereocenters. The number of hydrogen-bond acceptors (Lipinski definition) is 2. The lowest BCUT2D eigenvalue weighted by atomic mass is 10.00. The van der Waals surface area contributed by atoms with E-state index in [1.165, 1.54) is 45.3 Å². The minimum absolute atomic E-state index is 0.767. The largest absolute Gasteiger partial charge is 0.370 e. The molecule has 0 spiro atoms. The van der Waals surface area contributed by atoms with E-state index in [4.69, 9.17) is 5.73 Å². The van der Waals surface area contributed by atoms with Crippen LogP contribution >= 0.6 is 0 Å². The molecule has 2 heterocycles. The summed E-state index contributed by atoms with van der Waals surface area (Å²) in [6.07, 6.45) is 6.40. The Morgan fingerprint density at radius 2 is 1.83 bits per heavy atom. The molecule has 2 saturated heterocycles. The fourth-order valence-corrected chi connectivity index (χ4v) is 2.83. The minimum Gasteiger partial charge on any atom is -0.370 e. The Morgan fingerprint density at radius 1 is 1.17 bits per heavy atom. The molecular weight excluding hydrogens is 224 g/mol. The molecule has 18 heavy (non-hydrogen) atoms. The Kier molecular flexibility index (Phi) is 5.29. The summed E-state index contributed by atoms with van der Waals surface area (Å²) in [4.78, 5) is 9.31. The van der Waals surface area contributed by atoms with Gasteiger partial charge in [0.15, 0.2) is 5.96 Å². The summed E-state index contributed by atoms with van der Waals surface area (Å²) in [5.41, 5.74) is 6.05. The molecule has 0 bridgehead atoms. The maximum Gasteiger partial charge on any atom is 0.191 e. The second-order valence-electron chi connectivity index (χ2n) is 5.81. The maximum absolute atomic E-state index is 6.05. The van der Waals surface area contributed by atoms with Crippen molar-refractivity contribution in [2.24, 2.45) is 16.6 Å². The lowest BCUT2D eigenvalue weighted by molar-refractivity contribution is 0.277. The molecule has 0 aromatic carbocycles. The van der Waals surface area contributed by atoms with Gasteiger partial charge in [-0.05, 0) is 57.7 Å². The summed E-state index contributed by atoms with van der Waals surface area (Å²) in [7, 11) is 0. The number of rotatable bonds is 4. The van der Waals surface area contributed by atoms with Crippen LogP contribution in [-0.2, 0) is 0 Å². The topological polar surface area (TPSA) is 44.9 Å². The van der Waals surface area contributed by atoms with E-state index in [0.717, 1.165) is 37.9 Å². The first-order chi connectivity index (χ1) is 8.75. The highest BCUT2D eigenvalue weighted by Crippen LogP contribution is 2.15. The van der Waals surface area contributed by atoms with E-state index in [1.54, 1.807) is 0 Å². The van der Waals surface area contributed by atoms with E-state index < -0.39 is 0 Å². The van der Waals surface area contributed by atoms with Crippen molar-refractivity contribution in [3.63, 3.8) is 0 Å². The Bertz CT molecular complexity index is 263. The van der Waals surface area contributed by atoms with Crippen molar-refractivity contribution < 1.29 is 0 Å². The highest BCUT2D eigenvalue weighted by molar-refractivity contribution is 5.78. The molecule has 0 radical (unpaired) electrons. The van der Waals surface area contributed by atoms with Crippen LogP contribution in [0.2, 0.25) is 0 Å². The van der Waals surface area contributed by atoms with Crippen LogP contribution < -0.4 is 5.73 Å². The Hall–Kier alpha value is -0.770. The van der Waals surface area contributed by atoms with E-state index in [9.17, 15) is 0 Å². The smallest absolute Gasteiger partial charge is 0.191 e. The molecule has 2 aliphatic rings. The molecule has 0 saturated carbocycles. The van der Waals surface area contributed by atoms with Crippen molar-refractivity contribution >= 4 is 5.96 Å². The third kappa shape index (κ3) is 4.16. The van der Waals surface area contributed by atoms with Gasteiger partial charge in [-0.1, -0.05) is 6.92 Å². The summed E-state index contributed by atoms with van der Waals surface area (Å²) in [5, 5.41) is 0. The zero-order valence-corrected chi connectivity index (χ0v) is 11.8. The standard InChI is InChI=1S/C14H28N4/c1-13-5-11-18(12-6-13)14(15)16-7-4-10-17-8-2-3-9-17/h13H,2-12H2,1H3,(H2,15,16). The van der Waals surface area contributed by atoms with Gasteiger partial charge < -0.3 is 15.5 Å². The predicted molar refractivity (Wildman–Crippen MR) is 76.8 cm³/mol. The second kappa shape index (κ2) is 6.98. The molecule has 0 aromatic rings. The molecule has 2 fully saturated rings. The highest BCUT2D eigenvalue weighted by atomic mass is 15.3. The van der Waals surface area contributed by atoms with Crippen LogP contribution in [0, 0.1) is 5.92 Å². The average Bonchev–Trinajstić information content (AvgIpc) is 2.88. The maximum atomic E-state index is 6.05. The van der Waals surface area contributed by atoms with E-state index in [1.807, 2.05) is 0 Å². The molecular formula is C14H28N4. The van der Waals surface area contributed by atoms with Gasteiger partial charge in [0.2, 0.25) is 0 Å². The molecule has 0 unspecified atom stereocenters. The summed E-state index contributed by atoms with van der Waals surface area (Å²) >= 11 is 0. The van der Waals surface area contributed by atoms with Crippen LogP contribution in [0.25, 0.3) is 0 Å². The van der Waals surface area contributed by atoms with Crippen molar-refractivity contribution in [2.75, 3.05) is 39.3 Å². The van der Waals surface area contributed by atoms with Crippen molar-refractivity contribution in [1.82, 2.24) is 9.80 Å². The van der Waals surface area contributed by atoms with Crippen LogP contribution in [0.1, 0.15) is 39.0 Å². The molecule has 2 rings (SSSR count). The number of nitrogens with two attached hydrogens (primary N) is 1. The van der Waals surface area contributed by atoms with Gasteiger partial charge in [-0.25, -0.2) is 0 Å². The van der Waals surface area contributed by atoms with Crippen molar-refractivity contribution in [3.8, 4) is 0 Å². The Balaban J connectivity index is 1.62. The van der Waals surface area contributed by atoms with Gasteiger partial charge in [0.25, 0.3) is 0 Å². The van der Waals surface area contributed by atoms with Gasteiger partial charge in [-0.3, -0.25) is 4.99 Å². The van der Waals surface area contributed by atoms with Crippen molar-refractivity contribution in [3.05, 3.63) is 0 Å². The Morgan fingerprint density at radius 3 is 2.50 bits per heavy atom. The summed E-state index contributed by atoms with van der Waals surface area (Å²) < 4.78 is 0. The quantitative estimate of drug-likeness (QED) is 0.469. The van der Waals surface area contributed by atoms with Gasteiger partial charge in [0, 0.05) is 19.6 Å². The van der Waals surface area contributed by atoms with Gasteiger partial charge in [-0.2, -0.15) is 0 Å². The van der Waals surface area contributed by atoms with Crippen molar-refractivity contribution in [1.29, 1.82) is 0 Å². The number of guanidine groups is 1. The molecule has 104 valence electrons. The number of nitrogens with zero attached hydrogens (tertiary/aromatic N) is 3. The van der Waals surface area contributed by atoms with Gasteiger partial charge in [0.1, 0.15) is 0 Å². The fraction of sp³-hybridized carbons (Fsp3) is 0.929. The first kappa shape index (κ1) is 13.7. The lowest BCUT2D eigenvalue weighted by Gasteiger charge is -2.31. The van der Waals surface area contributed by atoms with Gasteiger partial charge in [0.05, 0.1) is 0 Å². The SMILES string of the molecule is CC1CCN(C(N)=NCCCN2CCCC2)CC1. The highest BCUT2D eigenvalue weighted by Gasteiger charge is 2.16. The zero-order chi connectivity index (χ0) is 12.8. The molecule has 0 aromatic heterocycles. The second-order valence-corrected chi connectivity index (χ2v) is 5.81. The number of piperidine rings is 1. The van der Waals surface area contributed by atoms with Crippen LogP contribution in [-0.4, -0.2) is 55.0 Å². The first-order valence-corrected chi connectivity index (χ1v) is 7.53. The number of aliphatic imine (C=N–C) groups is 1. The third-order valence-corrected chi connectivity index (χ3v) is 4.21. The summed E-state index contributed by atoms with van der Waals surface area (Å²) in [5.74, 6) is 1.62. The number of hydrogen-bond donors (Lipinski definition) is 1. The zero-order valence-electron chi connectivity index (χ0n) is 11.8. The van der Waals surface area contributed by atoms with Crippen molar-refractivity contribution in [2.45, 2.75) is 39.0 Å². The van der Waals surface area contributed by atoms with Crippen LogP contribution in [0.3, 0.4) is 0 Å². The average molecular weight is 252 g/mol. The fourth-order valence-electron chi connectivity index (χ4n) is 2.83. The van der Waals surface area contributed by atoms with E-state index >= 15 is 0 Å². The molecule has 0 amide bonds. The van der Waals surface area contributed by atoms with E-state index in [0.29, 0.717) is 0 Å². The minimum atomic E-state index is 0.767. The summed E-state index contributed by atoms with van der Waals surface area (Å²) in [6.45, 7) is 9.13. The van der Waals surface area contributed by atoms with E-state index in [2.05, 4.69) is 21.7 Å². The molecule has 4 heteroatoms. The predicted octanol–water partition coefficient (Wildman–Crippen LogP) is 1.52. The monoisotopic (exact) mass is 252 g/mol. The summed E-state index contributed by atoms with van der Waals surface area (Å²) in [6, 6.07) is 0. The van der Waals surface area contributed by atoms with Gasteiger partial charge in [-0.15, -0.1) is 0 Å². The normalized spacial score (nSPS) is 23.8.